The summed E-state index contributed by atoms with van der Waals surface area (Å²) in [5, 5.41) is 1.17. The molecule has 0 radical (unpaired) electrons. The van der Waals surface area contributed by atoms with Crippen LogP contribution >= 0.6 is 12.4 Å². The number of rotatable bonds is 1. The van der Waals surface area contributed by atoms with Crippen LogP contribution in [0.15, 0.2) is 24.5 Å². The standard InChI is InChI=1S/C8H9N3.ClH/c9-4-7-3-6-1-2-10-5-8(6)11-7;/h1-3,5,11H,4,9H2;1H. The van der Waals surface area contributed by atoms with Crippen molar-refractivity contribution in [1.29, 1.82) is 0 Å². The van der Waals surface area contributed by atoms with Crippen molar-refractivity contribution >= 4 is 23.3 Å². The normalized spacial score (nSPS) is 9.75. The van der Waals surface area contributed by atoms with E-state index in [1.165, 1.54) is 5.39 Å². The molecule has 12 heavy (non-hydrogen) atoms. The van der Waals surface area contributed by atoms with E-state index in [4.69, 9.17) is 5.73 Å². The van der Waals surface area contributed by atoms with Crippen molar-refractivity contribution in [1.82, 2.24) is 9.97 Å². The molecule has 0 spiro atoms. The van der Waals surface area contributed by atoms with Gasteiger partial charge in [-0.3, -0.25) is 4.98 Å². The summed E-state index contributed by atoms with van der Waals surface area (Å²) in [4.78, 5) is 7.15. The van der Waals surface area contributed by atoms with E-state index in [-0.39, 0.29) is 12.4 Å². The SMILES string of the molecule is Cl.NCc1cc2ccncc2[nH]1. The summed E-state index contributed by atoms with van der Waals surface area (Å²) in [6.45, 7) is 0.550. The number of aromatic amines is 1. The van der Waals surface area contributed by atoms with Gasteiger partial charge < -0.3 is 10.7 Å². The van der Waals surface area contributed by atoms with E-state index in [9.17, 15) is 0 Å². The Morgan fingerprint density at radius 3 is 3.00 bits per heavy atom. The first-order valence-electron chi connectivity index (χ1n) is 3.52. The van der Waals surface area contributed by atoms with Gasteiger partial charge in [-0.15, -0.1) is 12.4 Å². The van der Waals surface area contributed by atoms with E-state index in [2.05, 4.69) is 9.97 Å². The van der Waals surface area contributed by atoms with E-state index in [1.54, 1.807) is 12.4 Å². The maximum absolute atomic E-state index is 5.46. The number of nitrogens with one attached hydrogen (secondary N) is 1. The minimum absolute atomic E-state index is 0. The lowest BCUT2D eigenvalue weighted by Gasteiger charge is -1.84. The van der Waals surface area contributed by atoms with Crippen molar-refractivity contribution in [2.24, 2.45) is 5.73 Å². The van der Waals surface area contributed by atoms with Gasteiger partial charge in [0, 0.05) is 23.8 Å². The second-order valence-electron chi connectivity index (χ2n) is 2.46. The Balaban J connectivity index is 0.000000720. The van der Waals surface area contributed by atoms with Crippen molar-refractivity contribution in [3.63, 3.8) is 0 Å². The maximum Gasteiger partial charge on any atom is 0.0642 e. The first-order valence-corrected chi connectivity index (χ1v) is 3.52. The van der Waals surface area contributed by atoms with Crippen LogP contribution in [-0.4, -0.2) is 9.97 Å². The summed E-state index contributed by atoms with van der Waals surface area (Å²) in [6.07, 6.45) is 3.57. The number of nitrogens with two attached hydrogens (primary N) is 1. The summed E-state index contributed by atoms with van der Waals surface area (Å²) >= 11 is 0. The molecule has 0 amide bonds. The molecule has 0 aliphatic rings. The van der Waals surface area contributed by atoms with Crippen LogP contribution in [0.5, 0.6) is 0 Å². The molecule has 0 atom stereocenters. The first-order chi connectivity index (χ1) is 5.40. The third-order valence-electron chi connectivity index (χ3n) is 1.70. The monoisotopic (exact) mass is 183 g/mol. The Bertz CT molecular complexity index is 336. The molecule has 0 bridgehead atoms. The fourth-order valence-electron chi connectivity index (χ4n) is 1.14. The number of pyridine rings is 1. The van der Waals surface area contributed by atoms with Gasteiger partial charge in [0.2, 0.25) is 0 Å². The molecule has 64 valence electrons. The summed E-state index contributed by atoms with van der Waals surface area (Å²) in [5.74, 6) is 0. The van der Waals surface area contributed by atoms with Gasteiger partial charge in [-0.1, -0.05) is 0 Å². The van der Waals surface area contributed by atoms with Gasteiger partial charge in [0.15, 0.2) is 0 Å². The molecular formula is C8H10ClN3. The number of halogens is 1. The van der Waals surface area contributed by atoms with Gasteiger partial charge in [-0.05, 0) is 12.1 Å². The quantitative estimate of drug-likeness (QED) is 0.703. The van der Waals surface area contributed by atoms with Crippen LogP contribution in [0, 0.1) is 0 Å². The predicted molar refractivity (Wildman–Crippen MR) is 51.2 cm³/mol. The van der Waals surface area contributed by atoms with Gasteiger partial charge in [0.1, 0.15) is 0 Å². The molecule has 0 saturated carbocycles. The predicted octanol–water partition coefficient (Wildman–Crippen LogP) is 1.44. The number of hydrogen-bond acceptors (Lipinski definition) is 2. The van der Waals surface area contributed by atoms with E-state index in [1.807, 2.05) is 12.1 Å². The van der Waals surface area contributed by atoms with Crippen molar-refractivity contribution in [2.75, 3.05) is 0 Å². The van der Waals surface area contributed by atoms with Gasteiger partial charge >= 0.3 is 0 Å². The van der Waals surface area contributed by atoms with Crippen LogP contribution in [0.25, 0.3) is 10.9 Å². The Kier molecular flexibility index (Phi) is 2.68. The molecule has 0 aliphatic heterocycles. The van der Waals surface area contributed by atoms with Crippen LogP contribution in [0.2, 0.25) is 0 Å². The zero-order valence-electron chi connectivity index (χ0n) is 6.45. The third-order valence-corrected chi connectivity index (χ3v) is 1.70. The summed E-state index contributed by atoms with van der Waals surface area (Å²) in [7, 11) is 0. The Hall–Kier alpha value is -1.06. The second kappa shape index (κ2) is 3.56. The molecule has 0 aliphatic carbocycles. The highest BCUT2D eigenvalue weighted by Gasteiger charge is 1.96. The fraction of sp³-hybridized carbons (Fsp3) is 0.125. The second-order valence-corrected chi connectivity index (χ2v) is 2.46. The third kappa shape index (κ3) is 1.42. The van der Waals surface area contributed by atoms with E-state index in [0.717, 1.165) is 11.2 Å². The Morgan fingerprint density at radius 2 is 2.33 bits per heavy atom. The Labute approximate surface area is 76.4 Å². The zero-order chi connectivity index (χ0) is 7.68. The number of nitrogens with zero attached hydrogens (tertiary/aromatic N) is 1. The van der Waals surface area contributed by atoms with Gasteiger partial charge in [-0.2, -0.15) is 0 Å². The van der Waals surface area contributed by atoms with Crippen molar-refractivity contribution in [3.8, 4) is 0 Å². The smallest absolute Gasteiger partial charge is 0.0642 e. The molecule has 2 rings (SSSR count). The fourth-order valence-corrected chi connectivity index (χ4v) is 1.14. The molecule has 0 unspecified atom stereocenters. The summed E-state index contributed by atoms with van der Waals surface area (Å²) in [6, 6.07) is 4.00. The van der Waals surface area contributed by atoms with E-state index in [0.29, 0.717) is 6.54 Å². The highest BCUT2D eigenvalue weighted by atomic mass is 35.5. The lowest BCUT2D eigenvalue weighted by molar-refractivity contribution is 1.02. The van der Waals surface area contributed by atoms with Crippen molar-refractivity contribution in [3.05, 3.63) is 30.2 Å². The lowest BCUT2D eigenvalue weighted by atomic mass is 10.3. The minimum Gasteiger partial charge on any atom is -0.356 e. The highest BCUT2D eigenvalue weighted by molar-refractivity contribution is 5.85. The van der Waals surface area contributed by atoms with E-state index < -0.39 is 0 Å². The largest absolute Gasteiger partial charge is 0.356 e. The minimum atomic E-state index is 0. The van der Waals surface area contributed by atoms with E-state index >= 15 is 0 Å². The van der Waals surface area contributed by atoms with Crippen molar-refractivity contribution in [2.45, 2.75) is 6.54 Å². The average molecular weight is 184 g/mol. The van der Waals surface area contributed by atoms with Crippen LogP contribution in [0.4, 0.5) is 0 Å². The zero-order valence-corrected chi connectivity index (χ0v) is 7.27. The summed E-state index contributed by atoms with van der Waals surface area (Å²) in [5.41, 5.74) is 7.56. The molecule has 0 aromatic carbocycles. The number of hydrogen-bond donors (Lipinski definition) is 2. The molecule has 2 heterocycles. The Morgan fingerprint density at radius 1 is 1.50 bits per heavy atom. The molecule has 2 aromatic rings. The summed E-state index contributed by atoms with van der Waals surface area (Å²) < 4.78 is 0. The molecule has 3 N–H and O–H groups in total. The topological polar surface area (TPSA) is 54.7 Å². The number of aromatic nitrogens is 2. The van der Waals surface area contributed by atoms with Crippen LogP contribution in [0.1, 0.15) is 5.69 Å². The van der Waals surface area contributed by atoms with Gasteiger partial charge in [0.25, 0.3) is 0 Å². The lowest BCUT2D eigenvalue weighted by Crippen LogP contribution is -1.94. The number of H-pyrrole nitrogens is 1. The molecule has 3 nitrogen and oxygen atoms in total. The molecule has 2 aromatic heterocycles. The average Bonchev–Trinajstić information content (AvgIpc) is 2.46. The molecule has 4 heteroatoms. The molecular weight excluding hydrogens is 174 g/mol. The molecule has 0 saturated heterocycles. The van der Waals surface area contributed by atoms with Crippen LogP contribution in [-0.2, 0) is 6.54 Å². The van der Waals surface area contributed by atoms with Gasteiger partial charge in [-0.25, -0.2) is 0 Å². The maximum atomic E-state index is 5.46. The first kappa shape index (κ1) is 9.03. The highest BCUT2D eigenvalue weighted by Crippen LogP contribution is 2.12. The van der Waals surface area contributed by atoms with Crippen LogP contribution < -0.4 is 5.73 Å². The molecule has 0 fully saturated rings. The number of fused-ring (bicyclic) bond motifs is 1. The van der Waals surface area contributed by atoms with Crippen molar-refractivity contribution < 1.29 is 0 Å². The van der Waals surface area contributed by atoms with Crippen LogP contribution in [0.3, 0.4) is 0 Å². The van der Waals surface area contributed by atoms with Gasteiger partial charge in [0.05, 0.1) is 11.7 Å².